The van der Waals surface area contributed by atoms with Crippen LogP contribution in [0.2, 0.25) is 0 Å². The summed E-state index contributed by atoms with van der Waals surface area (Å²) in [5.74, 6) is 0.149. The summed E-state index contributed by atoms with van der Waals surface area (Å²) in [5, 5.41) is 13.1. The molecule has 2 aliphatic rings. The van der Waals surface area contributed by atoms with Crippen LogP contribution in [-0.4, -0.2) is 54.0 Å². The molecule has 2 aliphatic heterocycles. The molecule has 3 heterocycles. The average Bonchev–Trinajstić information content (AvgIpc) is 2.73. The lowest BCUT2D eigenvalue weighted by Gasteiger charge is -2.39. The summed E-state index contributed by atoms with van der Waals surface area (Å²) in [5.41, 5.74) is 1.09. The highest BCUT2D eigenvalue weighted by atomic mass is 19.1. The molecule has 4 rings (SSSR count). The molecule has 3 N–H and O–H groups in total. The van der Waals surface area contributed by atoms with Crippen LogP contribution in [0.15, 0.2) is 29.5 Å². The highest BCUT2D eigenvalue weighted by molar-refractivity contribution is 5.81. The van der Waals surface area contributed by atoms with Crippen molar-refractivity contribution in [2.24, 2.45) is 4.99 Å². The Kier molecular flexibility index (Phi) is 6.15. The van der Waals surface area contributed by atoms with Crippen molar-refractivity contribution < 1.29 is 18.6 Å². The number of rotatable bonds is 7. The molecule has 2 atom stereocenters. The van der Waals surface area contributed by atoms with Crippen LogP contribution in [0.3, 0.4) is 0 Å². The summed E-state index contributed by atoms with van der Waals surface area (Å²) < 4.78 is 31.8. The quantitative estimate of drug-likeness (QED) is 0.471. The number of fused-ring (bicyclic) bond motifs is 2. The number of morpholine rings is 1. The number of piperidine rings is 1. The second kappa shape index (κ2) is 9.14. The van der Waals surface area contributed by atoms with Gasteiger partial charge in [0.2, 0.25) is 11.8 Å². The molecule has 2 saturated heterocycles. The minimum absolute atomic E-state index is 0.0244. The van der Waals surface area contributed by atoms with Crippen molar-refractivity contribution in [3.63, 3.8) is 0 Å². The van der Waals surface area contributed by atoms with Gasteiger partial charge in [-0.25, -0.2) is 19.4 Å². The van der Waals surface area contributed by atoms with Gasteiger partial charge < -0.3 is 24.8 Å². The maximum absolute atomic E-state index is 14.4. The average molecular weight is 414 g/mol. The van der Waals surface area contributed by atoms with Crippen molar-refractivity contribution in [2.45, 2.75) is 38.0 Å². The Balaban J connectivity index is 1.45. The van der Waals surface area contributed by atoms with Crippen molar-refractivity contribution in [3.05, 3.63) is 35.9 Å². The minimum Gasteiger partial charge on any atom is -0.474 e. The lowest BCUT2D eigenvalue weighted by atomic mass is 9.95. The molecule has 2 fully saturated rings. The Hall–Kier alpha value is -3.11. The van der Waals surface area contributed by atoms with Gasteiger partial charge in [0.1, 0.15) is 18.8 Å². The third-order valence-corrected chi connectivity index (χ3v) is 4.99. The lowest BCUT2D eigenvalue weighted by molar-refractivity contribution is -0.0134. The molecule has 0 aliphatic carbocycles. The molecule has 9 nitrogen and oxygen atoms in total. The zero-order chi connectivity index (χ0) is 20.9. The maximum atomic E-state index is 14.4. The van der Waals surface area contributed by atoms with Crippen molar-refractivity contribution in [1.82, 2.24) is 15.3 Å². The second-order valence-electron chi connectivity index (χ2n) is 7.22. The fourth-order valence-electron chi connectivity index (χ4n) is 3.61. The summed E-state index contributed by atoms with van der Waals surface area (Å²) >= 11 is 0. The largest absolute Gasteiger partial charge is 0.474 e. The van der Waals surface area contributed by atoms with Gasteiger partial charge in [-0.05, 0) is 19.1 Å². The van der Waals surface area contributed by atoms with Gasteiger partial charge in [0.05, 0.1) is 25.1 Å². The summed E-state index contributed by atoms with van der Waals surface area (Å²) in [4.78, 5) is 12.0. The van der Waals surface area contributed by atoms with Crippen LogP contribution in [0.5, 0.6) is 17.5 Å². The second-order valence-corrected chi connectivity index (χ2v) is 7.22. The van der Waals surface area contributed by atoms with Crippen LogP contribution in [0, 0.1) is 18.2 Å². The number of ether oxygens (including phenoxy) is 3. The van der Waals surface area contributed by atoms with Crippen molar-refractivity contribution in [3.8, 4) is 17.5 Å². The predicted molar refractivity (Wildman–Crippen MR) is 109 cm³/mol. The van der Waals surface area contributed by atoms with Gasteiger partial charge in [0, 0.05) is 36.7 Å². The molecule has 0 amide bonds. The summed E-state index contributed by atoms with van der Waals surface area (Å²) in [6.07, 6.45) is 5.21. The van der Waals surface area contributed by atoms with E-state index in [4.69, 9.17) is 19.6 Å². The molecular formula is C20H23FN6O3. The normalized spacial score (nSPS) is 23.2. The van der Waals surface area contributed by atoms with E-state index in [2.05, 4.69) is 25.6 Å². The van der Waals surface area contributed by atoms with E-state index in [1.807, 2.05) is 0 Å². The van der Waals surface area contributed by atoms with E-state index in [9.17, 15) is 4.39 Å². The molecule has 10 heteroatoms. The number of benzene rings is 1. The molecule has 30 heavy (non-hydrogen) atoms. The third kappa shape index (κ3) is 4.71. The Bertz CT molecular complexity index is 929. The molecule has 0 spiro atoms. The van der Waals surface area contributed by atoms with Crippen LogP contribution >= 0.6 is 0 Å². The lowest BCUT2D eigenvalue weighted by Crippen LogP contribution is -2.56. The minimum atomic E-state index is -0.560. The van der Waals surface area contributed by atoms with E-state index in [-0.39, 0.29) is 29.8 Å². The first kappa shape index (κ1) is 20.2. The number of aromatic nitrogens is 2. The van der Waals surface area contributed by atoms with Crippen molar-refractivity contribution in [1.29, 1.82) is 5.41 Å². The van der Waals surface area contributed by atoms with Gasteiger partial charge >= 0.3 is 0 Å². The summed E-state index contributed by atoms with van der Waals surface area (Å²) in [6.45, 7) is 3.16. The van der Waals surface area contributed by atoms with E-state index >= 15 is 0 Å². The number of aliphatic imine (C=N–C) groups is 1. The molecule has 1 aromatic carbocycles. The van der Waals surface area contributed by atoms with Crippen LogP contribution in [0.25, 0.3) is 0 Å². The number of hydrogen-bond donors (Lipinski definition) is 3. The van der Waals surface area contributed by atoms with E-state index in [1.54, 1.807) is 13.0 Å². The van der Waals surface area contributed by atoms with Crippen LogP contribution < -0.4 is 20.1 Å². The highest BCUT2D eigenvalue weighted by Crippen LogP contribution is 2.32. The maximum Gasteiger partial charge on any atom is 0.229 e. The topological polar surface area (TPSA) is 114 Å². The summed E-state index contributed by atoms with van der Waals surface area (Å²) in [7, 11) is 0. The fourth-order valence-corrected chi connectivity index (χ4v) is 3.61. The Morgan fingerprint density at radius 3 is 2.77 bits per heavy atom. The van der Waals surface area contributed by atoms with Crippen molar-refractivity contribution in [2.75, 3.05) is 18.5 Å². The van der Waals surface area contributed by atoms with E-state index in [0.717, 1.165) is 19.2 Å². The Labute approximate surface area is 173 Å². The van der Waals surface area contributed by atoms with E-state index in [1.165, 1.54) is 24.8 Å². The van der Waals surface area contributed by atoms with E-state index in [0.29, 0.717) is 30.3 Å². The first-order chi connectivity index (χ1) is 14.6. The van der Waals surface area contributed by atoms with Gasteiger partial charge in [-0.2, -0.15) is 0 Å². The van der Waals surface area contributed by atoms with Gasteiger partial charge in [-0.3, -0.25) is 5.41 Å². The Morgan fingerprint density at radius 1 is 1.27 bits per heavy atom. The monoisotopic (exact) mass is 414 g/mol. The Morgan fingerprint density at radius 2 is 2.03 bits per heavy atom. The predicted octanol–water partition coefficient (Wildman–Crippen LogP) is 2.66. The first-order valence-electron chi connectivity index (χ1n) is 9.69. The third-order valence-electron chi connectivity index (χ3n) is 4.99. The van der Waals surface area contributed by atoms with E-state index < -0.39 is 5.82 Å². The molecule has 0 radical (unpaired) electrons. The molecule has 2 aromatic rings. The molecule has 158 valence electrons. The van der Waals surface area contributed by atoms with Crippen LogP contribution in [-0.2, 0) is 4.74 Å². The standard InChI is InChI=1S/C20H23FN6O3/c1-12-19(29-16-4-14-7-28-8-15(5-16)27-14)25-11-26-20(12)30-18-3-2-13(6-17(18)21)24-10-23-9-22/h2-3,6,9-11,14-16,27H,4-5,7-8H2,1H3,(H2,22,23,24). The SMILES string of the molecule is Cc1c(Oc2ccc(N/C=N\C=N)cc2F)ncnc1OC1CC2COCC(C1)N2. The van der Waals surface area contributed by atoms with Crippen LogP contribution in [0.4, 0.5) is 10.1 Å². The number of nitrogens with one attached hydrogen (secondary N) is 3. The van der Waals surface area contributed by atoms with Gasteiger partial charge in [-0.1, -0.05) is 0 Å². The van der Waals surface area contributed by atoms with Gasteiger partial charge in [0.15, 0.2) is 11.6 Å². The summed E-state index contributed by atoms with van der Waals surface area (Å²) in [6, 6.07) is 4.97. The van der Waals surface area contributed by atoms with Gasteiger partial charge in [-0.15, -0.1) is 0 Å². The number of hydrogen-bond acceptors (Lipinski definition) is 7. The molecule has 1 aromatic heterocycles. The van der Waals surface area contributed by atoms with Gasteiger partial charge in [0.25, 0.3) is 0 Å². The molecule has 2 unspecified atom stereocenters. The zero-order valence-corrected chi connectivity index (χ0v) is 16.5. The molecule has 0 saturated carbocycles. The first-order valence-corrected chi connectivity index (χ1v) is 9.69. The van der Waals surface area contributed by atoms with Crippen LogP contribution in [0.1, 0.15) is 18.4 Å². The molecular weight excluding hydrogens is 391 g/mol. The number of anilines is 1. The fraction of sp³-hybridized carbons (Fsp3) is 0.400. The smallest absolute Gasteiger partial charge is 0.229 e. The zero-order valence-electron chi connectivity index (χ0n) is 16.5. The number of halogens is 1. The molecule has 2 bridgehead atoms. The highest BCUT2D eigenvalue weighted by Gasteiger charge is 2.33. The number of nitrogens with zero attached hydrogens (tertiary/aromatic N) is 3. The van der Waals surface area contributed by atoms with Crippen molar-refractivity contribution >= 4 is 18.4 Å².